The van der Waals surface area contributed by atoms with E-state index < -0.39 is 5.82 Å². The zero-order chi connectivity index (χ0) is 25.2. The number of ketones is 1. The van der Waals surface area contributed by atoms with E-state index in [-0.39, 0.29) is 18.0 Å². The second-order valence-electron chi connectivity index (χ2n) is 9.81. The van der Waals surface area contributed by atoms with Crippen LogP contribution in [0.3, 0.4) is 0 Å². The van der Waals surface area contributed by atoms with Crippen LogP contribution in [0.1, 0.15) is 24.8 Å². The molecule has 9 heteroatoms. The van der Waals surface area contributed by atoms with Crippen LogP contribution in [0.2, 0.25) is 0 Å². The van der Waals surface area contributed by atoms with E-state index in [4.69, 9.17) is 9.47 Å². The number of nitrogens with zero attached hydrogens (tertiary/aromatic N) is 4. The third kappa shape index (κ3) is 5.89. The van der Waals surface area contributed by atoms with E-state index in [0.29, 0.717) is 23.7 Å². The molecule has 2 aliphatic rings. The Balaban J connectivity index is 1.15. The van der Waals surface area contributed by atoms with Gasteiger partial charge in [0.2, 0.25) is 0 Å². The summed E-state index contributed by atoms with van der Waals surface area (Å²) in [4.78, 5) is 20.1. The van der Waals surface area contributed by atoms with Crippen molar-refractivity contribution in [3.05, 3.63) is 60.3 Å². The molecule has 4 aromatic rings. The monoisotopic (exact) mass is 520 g/mol. The molecule has 1 aliphatic heterocycles. The molecule has 0 spiro atoms. The highest BCUT2D eigenvalue weighted by molar-refractivity contribution is 7.22. The number of fused-ring (bicyclic) bond motifs is 1. The molecule has 192 valence electrons. The summed E-state index contributed by atoms with van der Waals surface area (Å²) in [7, 11) is 0. The maximum Gasteiger partial charge on any atom is 0.166 e. The van der Waals surface area contributed by atoms with Gasteiger partial charge in [-0.15, -0.1) is 11.3 Å². The van der Waals surface area contributed by atoms with Crippen LogP contribution in [0.15, 0.2) is 48.9 Å². The number of hydrogen-bond donors (Lipinski definition) is 0. The summed E-state index contributed by atoms with van der Waals surface area (Å²) in [5.41, 5.74) is 2.49. The van der Waals surface area contributed by atoms with E-state index in [1.807, 2.05) is 16.9 Å². The summed E-state index contributed by atoms with van der Waals surface area (Å²) in [6, 6.07) is 8.55. The van der Waals surface area contributed by atoms with Gasteiger partial charge in [-0.05, 0) is 42.5 Å². The first kappa shape index (κ1) is 24.2. The van der Waals surface area contributed by atoms with Crippen molar-refractivity contribution in [3.8, 4) is 21.9 Å². The number of morpholine rings is 1. The van der Waals surface area contributed by atoms with Gasteiger partial charge in [-0.2, -0.15) is 5.10 Å². The van der Waals surface area contributed by atoms with Crippen LogP contribution >= 0.6 is 11.3 Å². The molecule has 0 radical (unpaired) electrons. The fourth-order valence-electron chi connectivity index (χ4n) is 4.62. The van der Waals surface area contributed by atoms with Gasteiger partial charge >= 0.3 is 0 Å². The molecule has 0 bridgehead atoms. The highest BCUT2D eigenvalue weighted by Gasteiger charge is 2.24. The van der Waals surface area contributed by atoms with Gasteiger partial charge in [0, 0.05) is 61.4 Å². The van der Waals surface area contributed by atoms with Gasteiger partial charge in [-0.3, -0.25) is 19.4 Å². The first-order valence-corrected chi connectivity index (χ1v) is 13.6. The Kier molecular flexibility index (Phi) is 6.99. The summed E-state index contributed by atoms with van der Waals surface area (Å²) in [6.07, 6.45) is 8.72. The largest absolute Gasteiger partial charge is 0.453 e. The first-order valence-electron chi connectivity index (χ1n) is 12.8. The highest BCUT2D eigenvalue weighted by atomic mass is 32.1. The summed E-state index contributed by atoms with van der Waals surface area (Å²) >= 11 is 1.55. The van der Waals surface area contributed by atoms with Gasteiger partial charge in [0.15, 0.2) is 11.6 Å². The second kappa shape index (κ2) is 10.7. The lowest BCUT2D eigenvalue weighted by molar-refractivity contribution is -0.118. The molecule has 1 saturated carbocycles. The van der Waals surface area contributed by atoms with Crippen molar-refractivity contribution in [2.24, 2.45) is 5.92 Å². The number of halogens is 1. The lowest BCUT2D eigenvalue weighted by Crippen LogP contribution is -2.38. The Bertz CT molecular complexity index is 1410. The van der Waals surface area contributed by atoms with Gasteiger partial charge in [-0.25, -0.2) is 4.39 Å². The number of carbonyl (C=O) groups excluding carboxylic acids is 1. The molecule has 0 amide bonds. The van der Waals surface area contributed by atoms with Crippen LogP contribution in [-0.4, -0.2) is 58.3 Å². The van der Waals surface area contributed by atoms with E-state index in [2.05, 4.69) is 21.2 Å². The quantitative estimate of drug-likeness (QED) is 0.281. The molecular formula is C28H29FN4O3S. The Labute approximate surface area is 218 Å². The third-order valence-corrected chi connectivity index (χ3v) is 8.06. The predicted octanol–water partition coefficient (Wildman–Crippen LogP) is 5.34. The number of pyridine rings is 1. The summed E-state index contributed by atoms with van der Waals surface area (Å²) < 4.78 is 29.1. The molecule has 0 atom stereocenters. The average molecular weight is 521 g/mol. The van der Waals surface area contributed by atoms with Gasteiger partial charge in [-0.1, -0.05) is 6.07 Å². The minimum absolute atomic E-state index is 0.136. The highest BCUT2D eigenvalue weighted by Crippen LogP contribution is 2.39. The topological polar surface area (TPSA) is 69.5 Å². The maximum absolute atomic E-state index is 14.9. The molecular weight excluding hydrogens is 491 g/mol. The number of rotatable bonds is 10. The second-order valence-corrected chi connectivity index (χ2v) is 10.9. The fourth-order valence-corrected chi connectivity index (χ4v) is 5.66. The maximum atomic E-state index is 14.9. The number of thiophene rings is 1. The molecule has 2 fully saturated rings. The van der Waals surface area contributed by atoms with Crippen molar-refractivity contribution in [3.63, 3.8) is 0 Å². The molecule has 1 aromatic carbocycles. The predicted molar refractivity (Wildman–Crippen MR) is 141 cm³/mol. The Morgan fingerprint density at radius 1 is 1.14 bits per heavy atom. The molecule has 1 saturated heterocycles. The molecule has 0 unspecified atom stereocenters. The van der Waals surface area contributed by atoms with Crippen molar-refractivity contribution >= 4 is 27.3 Å². The molecule has 3 aromatic heterocycles. The minimum atomic E-state index is -0.472. The number of Topliss-reactive ketones (excluding diaryl/α,β-unsaturated/α-hetero) is 1. The smallest absolute Gasteiger partial charge is 0.166 e. The molecule has 4 heterocycles. The van der Waals surface area contributed by atoms with E-state index in [1.165, 1.54) is 6.07 Å². The Hall–Kier alpha value is -3.14. The van der Waals surface area contributed by atoms with Gasteiger partial charge in [0.05, 0.1) is 36.2 Å². The molecule has 6 rings (SSSR count). The van der Waals surface area contributed by atoms with Crippen molar-refractivity contribution in [1.82, 2.24) is 19.7 Å². The number of aromatic nitrogens is 3. The van der Waals surface area contributed by atoms with Crippen molar-refractivity contribution in [2.45, 2.75) is 32.2 Å². The Morgan fingerprint density at radius 3 is 2.81 bits per heavy atom. The van der Waals surface area contributed by atoms with Crippen LogP contribution in [-0.2, 0) is 22.5 Å². The standard InChI is InChI=1S/C28H29FN4O3S/c29-23-15-20(14-22(34)13-19-1-2-19)3-4-25(23)36-26-5-6-30-24-16-27(37-28(24)26)21-17-31-33(18-21)8-7-32-9-11-35-12-10-32/h3-6,15-19H,1-2,7-14H2. The fraction of sp³-hybridized carbons (Fsp3) is 0.393. The molecule has 37 heavy (non-hydrogen) atoms. The van der Waals surface area contributed by atoms with Gasteiger partial charge < -0.3 is 9.47 Å². The number of hydrogen-bond acceptors (Lipinski definition) is 7. The number of benzene rings is 1. The third-order valence-electron chi connectivity index (χ3n) is 6.87. The van der Waals surface area contributed by atoms with E-state index in [1.54, 1.807) is 35.7 Å². The van der Waals surface area contributed by atoms with E-state index in [0.717, 1.165) is 72.9 Å². The molecule has 7 nitrogen and oxygen atoms in total. The van der Waals surface area contributed by atoms with Crippen LogP contribution in [0, 0.1) is 11.7 Å². The first-order chi connectivity index (χ1) is 18.1. The van der Waals surface area contributed by atoms with Crippen LogP contribution in [0.25, 0.3) is 20.7 Å². The summed E-state index contributed by atoms with van der Waals surface area (Å²) in [5.74, 6) is 0.922. The van der Waals surface area contributed by atoms with Crippen molar-refractivity contribution < 1.29 is 18.7 Å². The summed E-state index contributed by atoms with van der Waals surface area (Å²) in [5, 5.41) is 4.54. The SMILES string of the molecule is O=C(Cc1ccc(Oc2ccnc3cc(-c4cnn(CCN5CCOCC5)c4)sc23)c(F)c1)CC1CC1. The van der Waals surface area contributed by atoms with Crippen LogP contribution < -0.4 is 4.74 Å². The van der Waals surface area contributed by atoms with Crippen LogP contribution in [0.4, 0.5) is 4.39 Å². The molecule has 1 aliphatic carbocycles. The zero-order valence-electron chi connectivity index (χ0n) is 20.6. The zero-order valence-corrected chi connectivity index (χ0v) is 21.4. The van der Waals surface area contributed by atoms with Gasteiger partial charge in [0.1, 0.15) is 11.5 Å². The lowest BCUT2D eigenvalue weighted by Gasteiger charge is -2.26. The average Bonchev–Trinajstić information content (AvgIpc) is 3.39. The van der Waals surface area contributed by atoms with Gasteiger partial charge in [0.25, 0.3) is 0 Å². The van der Waals surface area contributed by atoms with Crippen molar-refractivity contribution in [2.75, 3.05) is 32.8 Å². The molecule has 0 N–H and O–H groups in total. The lowest BCUT2D eigenvalue weighted by atomic mass is 10.0. The number of carbonyl (C=O) groups is 1. The van der Waals surface area contributed by atoms with E-state index >= 15 is 0 Å². The Morgan fingerprint density at radius 2 is 2.00 bits per heavy atom. The van der Waals surface area contributed by atoms with Crippen molar-refractivity contribution in [1.29, 1.82) is 0 Å². The van der Waals surface area contributed by atoms with Crippen LogP contribution in [0.5, 0.6) is 11.5 Å². The van der Waals surface area contributed by atoms with E-state index in [9.17, 15) is 9.18 Å². The normalized spacial score (nSPS) is 16.4. The number of ether oxygens (including phenoxy) is 2. The minimum Gasteiger partial charge on any atom is -0.453 e. The summed E-state index contributed by atoms with van der Waals surface area (Å²) in [6.45, 7) is 5.26.